The molecule has 0 radical (unpaired) electrons. The highest BCUT2D eigenvalue weighted by atomic mass is 19.3. The van der Waals surface area contributed by atoms with Gasteiger partial charge in [0.05, 0.1) is 6.61 Å². The van der Waals surface area contributed by atoms with Gasteiger partial charge in [-0.3, -0.25) is 0 Å². The van der Waals surface area contributed by atoms with Crippen molar-refractivity contribution in [1.82, 2.24) is 0 Å². The highest BCUT2D eigenvalue weighted by Crippen LogP contribution is 2.56. The highest BCUT2D eigenvalue weighted by molar-refractivity contribution is 5.36. The molecule has 110 valence electrons. The molecule has 20 heavy (non-hydrogen) atoms. The summed E-state index contributed by atoms with van der Waals surface area (Å²) >= 11 is 0. The minimum atomic E-state index is -4.78. The van der Waals surface area contributed by atoms with Gasteiger partial charge in [0.2, 0.25) is 11.6 Å². The van der Waals surface area contributed by atoms with E-state index in [1.54, 1.807) is 19.1 Å². The van der Waals surface area contributed by atoms with Crippen molar-refractivity contribution < 1.29 is 31.4 Å². The smallest absolute Gasteiger partial charge is 0.375 e. The van der Waals surface area contributed by atoms with Crippen molar-refractivity contribution in [2.75, 3.05) is 6.61 Å². The zero-order chi connectivity index (χ0) is 15.0. The lowest BCUT2D eigenvalue weighted by molar-refractivity contribution is -0.233. The normalized spacial score (nSPS) is 19.5. The Morgan fingerprint density at radius 2 is 1.55 bits per heavy atom. The van der Waals surface area contributed by atoms with Gasteiger partial charge in [0.25, 0.3) is 0 Å². The van der Waals surface area contributed by atoms with Crippen molar-refractivity contribution in [3.8, 4) is 5.75 Å². The van der Waals surface area contributed by atoms with Crippen molar-refractivity contribution in [3.05, 3.63) is 41.4 Å². The zero-order valence-corrected chi connectivity index (χ0v) is 10.4. The predicted molar refractivity (Wildman–Crippen MR) is 60.4 cm³/mol. The second-order valence-electron chi connectivity index (χ2n) is 4.16. The number of halogens is 5. The van der Waals surface area contributed by atoms with Crippen LogP contribution in [0.4, 0.5) is 22.0 Å². The summed E-state index contributed by atoms with van der Waals surface area (Å²) < 4.78 is 73.4. The van der Waals surface area contributed by atoms with E-state index in [0.717, 1.165) is 0 Å². The molecule has 2 rings (SSSR count). The maximum atomic E-state index is 12.9. The third-order valence-electron chi connectivity index (χ3n) is 2.77. The molecule has 0 spiro atoms. The van der Waals surface area contributed by atoms with Crippen LogP contribution in [0.5, 0.6) is 5.75 Å². The molecule has 0 amide bonds. The van der Waals surface area contributed by atoms with Crippen LogP contribution in [0.2, 0.25) is 0 Å². The molecule has 2 nitrogen and oxygen atoms in total. The van der Waals surface area contributed by atoms with E-state index >= 15 is 0 Å². The van der Waals surface area contributed by atoms with Gasteiger partial charge in [0, 0.05) is 0 Å². The van der Waals surface area contributed by atoms with Gasteiger partial charge in [-0.25, -0.2) is 4.39 Å². The van der Waals surface area contributed by atoms with Gasteiger partial charge < -0.3 is 9.47 Å². The van der Waals surface area contributed by atoms with E-state index in [0.29, 0.717) is 17.9 Å². The van der Waals surface area contributed by atoms with Crippen molar-refractivity contribution >= 4 is 0 Å². The predicted octanol–water partition coefficient (Wildman–Crippen LogP) is 4.07. The molecule has 0 saturated heterocycles. The number of hydrogen-bond donors (Lipinski definition) is 0. The maximum absolute atomic E-state index is 12.9. The Morgan fingerprint density at radius 3 is 2.05 bits per heavy atom. The fraction of sp³-hybridized carbons (Fsp3) is 0.385. The third-order valence-corrected chi connectivity index (χ3v) is 2.77. The summed E-state index contributed by atoms with van der Waals surface area (Å²) in [6.45, 7) is 1.83. The molecule has 0 aliphatic heterocycles. The van der Waals surface area contributed by atoms with E-state index in [1.165, 1.54) is 12.1 Å². The first kappa shape index (κ1) is 14.6. The van der Waals surface area contributed by atoms with Gasteiger partial charge in [0.1, 0.15) is 12.4 Å². The van der Waals surface area contributed by atoms with Crippen LogP contribution in [0.25, 0.3) is 0 Å². The van der Waals surface area contributed by atoms with Crippen LogP contribution in [-0.2, 0) is 11.3 Å². The molecule has 0 unspecified atom stereocenters. The Hall–Kier alpha value is -1.79. The average Bonchev–Trinajstić information content (AvgIpc) is 2.40. The third kappa shape index (κ3) is 2.21. The van der Waals surface area contributed by atoms with Crippen molar-refractivity contribution in [3.63, 3.8) is 0 Å². The standard InChI is InChI=1S/C13H11F5O2/c1-2-19-9-5-3-8(4-6-9)7-20-11-10(14)12(15,16)13(11,17)18/h3-6H,2,7H2,1H3. The minimum Gasteiger partial charge on any atom is -0.494 e. The first-order chi connectivity index (χ1) is 9.30. The number of benzene rings is 1. The van der Waals surface area contributed by atoms with Crippen LogP contribution < -0.4 is 4.74 Å². The minimum absolute atomic E-state index is 0.430. The Balaban J connectivity index is 2.01. The highest BCUT2D eigenvalue weighted by Gasteiger charge is 2.74. The number of rotatable bonds is 5. The molecule has 1 aromatic carbocycles. The Kier molecular flexibility index (Phi) is 3.62. The molecule has 0 atom stereocenters. The lowest BCUT2D eigenvalue weighted by Gasteiger charge is -2.35. The molecule has 1 aromatic rings. The number of ether oxygens (including phenoxy) is 2. The zero-order valence-electron chi connectivity index (χ0n) is 10.4. The van der Waals surface area contributed by atoms with E-state index in [1.807, 2.05) is 0 Å². The summed E-state index contributed by atoms with van der Waals surface area (Å²) in [5.41, 5.74) is 0.430. The van der Waals surface area contributed by atoms with Crippen LogP contribution in [0, 0.1) is 0 Å². The first-order valence-corrected chi connectivity index (χ1v) is 5.81. The van der Waals surface area contributed by atoms with Gasteiger partial charge in [-0.05, 0) is 24.6 Å². The SMILES string of the molecule is CCOc1ccc(COC2=C(F)C(F)(F)C2(F)F)cc1. The van der Waals surface area contributed by atoms with Gasteiger partial charge in [-0.2, -0.15) is 17.6 Å². The number of allylic oxidation sites excluding steroid dienone is 2. The van der Waals surface area contributed by atoms with Gasteiger partial charge in [-0.15, -0.1) is 0 Å². The summed E-state index contributed by atoms with van der Waals surface area (Å²) in [5.74, 6) is -12.6. The van der Waals surface area contributed by atoms with Crippen LogP contribution in [-0.4, -0.2) is 18.5 Å². The molecular weight excluding hydrogens is 283 g/mol. The van der Waals surface area contributed by atoms with Gasteiger partial charge in [0.15, 0.2) is 0 Å². The average molecular weight is 294 g/mol. The van der Waals surface area contributed by atoms with E-state index in [2.05, 4.69) is 4.74 Å². The monoisotopic (exact) mass is 294 g/mol. The van der Waals surface area contributed by atoms with Crippen LogP contribution in [0.15, 0.2) is 35.9 Å². The summed E-state index contributed by atoms with van der Waals surface area (Å²) in [7, 11) is 0. The van der Waals surface area contributed by atoms with Crippen LogP contribution >= 0.6 is 0 Å². The second-order valence-corrected chi connectivity index (χ2v) is 4.16. The van der Waals surface area contributed by atoms with Crippen molar-refractivity contribution in [2.24, 2.45) is 0 Å². The topological polar surface area (TPSA) is 18.5 Å². The molecule has 1 aliphatic carbocycles. The van der Waals surface area contributed by atoms with E-state index in [4.69, 9.17) is 4.74 Å². The van der Waals surface area contributed by atoms with E-state index in [-0.39, 0.29) is 0 Å². The fourth-order valence-electron chi connectivity index (χ4n) is 1.66. The molecule has 1 aliphatic rings. The lowest BCUT2D eigenvalue weighted by Crippen LogP contribution is -2.53. The number of hydrogen-bond acceptors (Lipinski definition) is 2. The molecule has 0 saturated carbocycles. The molecule has 7 heteroatoms. The molecule has 0 aromatic heterocycles. The molecule has 0 fully saturated rings. The molecular formula is C13H11F5O2. The summed E-state index contributed by atoms with van der Waals surface area (Å²) in [6, 6.07) is 6.16. The largest absolute Gasteiger partial charge is 0.494 e. The first-order valence-electron chi connectivity index (χ1n) is 5.81. The maximum Gasteiger partial charge on any atom is 0.375 e. The van der Waals surface area contributed by atoms with Gasteiger partial charge >= 0.3 is 11.8 Å². The molecule has 0 N–H and O–H groups in total. The van der Waals surface area contributed by atoms with Crippen molar-refractivity contribution in [1.29, 1.82) is 0 Å². The lowest BCUT2D eigenvalue weighted by atomic mass is 9.96. The van der Waals surface area contributed by atoms with Gasteiger partial charge in [-0.1, -0.05) is 12.1 Å². The summed E-state index contributed by atoms with van der Waals surface area (Å²) in [4.78, 5) is 0. The van der Waals surface area contributed by atoms with E-state index in [9.17, 15) is 22.0 Å². The molecule has 0 bridgehead atoms. The fourth-order valence-corrected chi connectivity index (χ4v) is 1.66. The number of alkyl halides is 4. The quantitative estimate of drug-likeness (QED) is 0.762. The summed E-state index contributed by atoms with van der Waals surface area (Å²) in [5, 5.41) is 0. The van der Waals surface area contributed by atoms with Crippen LogP contribution in [0.1, 0.15) is 12.5 Å². The van der Waals surface area contributed by atoms with Crippen molar-refractivity contribution in [2.45, 2.75) is 25.4 Å². The summed E-state index contributed by atoms with van der Waals surface area (Å²) in [6.07, 6.45) is 0. The van der Waals surface area contributed by atoms with Crippen LogP contribution in [0.3, 0.4) is 0 Å². The van der Waals surface area contributed by atoms with E-state index < -0.39 is 30.0 Å². The Morgan fingerprint density at radius 1 is 0.950 bits per heavy atom. The second kappa shape index (κ2) is 4.96. The Labute approximate surface area is 111 Å². The Bertz CT molecular complexity index is 522. The molecule has 0 heterocycles.